The molecule has 0 saturated heterocycles. The Kier molecular flexibility index (Phi) is 5.52. The summed E-state index contributed by atoms with van der Waals surface area (Å²) in [5.74, 6) is 2.28. The summed E-state index contributed by atoms with van der Waals surface area (Å²) in [6.07, 6.45) is 0.729. The SMILES string of the molecule is COc1ccc(-c2ccc(OC)c(OC)c2OC)c(C=O)c1OC. The van der Waals surface area contributed by atoms with Crippen molar-refractivity contribution in [3.8, 4) is 39.9 Å². The normalized spacial score (nSPS) is 10.0. The third kappa shape index (κ3) is 2.82. The van der Waals surface area contributed by atoms with Crippen LogP contribution in [0.4, 0.5) is 0 Å². The van der Waals surface area contributed by atoms with Crippen molar-refractivity contribution < 1.29 is 28.5 Å². The zero-order valence-electron chi connectivity index (χ0n) is 14.3. The number of hydrogen-bond acceptors (Lipinski definition) is 6. The summed E-state index contributed by atoms with van der Waals surface area (Å²) in [5, 5.41) is 0. The average molecular weight is 332 g/mol. The molecule has 128 valence electrons. The van der Waals surface area contributed by atoms with Crippen molar-refractivity contribution in [1.29, 1.82) is 0 Å². The lowest BCUT2D eigenvalue weighted by molar-refractivity contribution is 0.112. The number of aldehydes is 1. The van der Waals surface area contributed by atoms with Crippen molar-refractivity contribution in [3.63, 3.8) is 0 Å². The van der Waals surface area contributed by atoms with Crippen molar-refractivity contribution >= 4 is 6.29 Å². The van der Waals surface area contributed by atoms with Gasteiger partial charge in [0.25, 0.3) is 0 Å². The smallest absolute Gasteiger partial charge is 0.203 e. The van der Waals surface area contributed by atoms with Gasteiger partial charge in [-0.2, -0.15) is 0 Å². The molecule has 0 saturated carbocycles. The predicted octanol–water partition coefficient (Wildman–Crippen LogP) is 3.21. The van der Waals surface area contributed by atoms with Crippen LogP contribution in [0.5, 0.6) is 28.7 Å². The molecule has 6 heteroatoms. The molecule has 0 spiro atoms. The highest BCUT2D eigenvalue weighted by Crippen LogP contribution is 2.47. The van der Waals surface area contributed by atoms with Crippen LogP contribution < -0.4 is 23.7 Å². The molecule has 0 N–H and O–H groups in total. The van der Waals surface area contributed by atoms with Gasteiger partial charge in [0.15, 0.2) is 29.3 Å². The molecule has 0 aromatic heterocycles. The molecule has 0 aliphatic rings. The summed E-state index contributed by atoms with van der Waals surface area (Å²) in [7, 11) is 7.61. The van der Waals surface area contributed by atoms with Crippen LogP contribution in [0.15, 0.2) is 24.3 Å². The van der Waals surface area contributed by atoms with Crippen LogP contribution in [-0.4, -0.2) is 41.8 Å². The van der Waals surface area contributed by atoms with E-state index in [1.807, 2.05) is 0 Å². The van der Waals surface area contributed by atoms with E-state index >= 15 is 0 Å². The van der Waals surface area contributed by atoms with Gasteiger partial charge in [0.2, 0.25) is 5.75 Å². The number of carbonyl (C=O) groups excluding carboxylic acids is 1. The van der Waals surface area contributed by atoms with Crippen molar-refractivity contribution in [3.05, 3.63) is 29.8 Å². The van der Waals surface area contributed by atoms with Crippen LogP contribution in [0.2, 0.25) is 0 Å². The molecule has 0 heterocycles. The minimum absolute atomic E-state index is 0.363. The lowest BCUT2D eigenvalue weighted by atomic mass is 9.97. The Morgan fingerprint density at radius 3 is 1.58 bits per heavy atom. The number of carbonyl (C=O) groups is 1. The van der Waals surface area contributed by atoms with Crippen LogP contribution in [0.25, 0.3) is 11.1 Å². The summed E-state index contributed by atoms with van der Waals surface area (Å²) in [6.45, 7) is 0. The Morgan fingerprint density at radius 1 is 0.625 bits per heavy atom. The Hall–Kier alpha value is -2.89. The first-order valence-electron chi connectivity index (χ1n) is 7.16. The van der Waals surface area contributed by atoms with E-state index in [-0.39, 0.29) is 0 Å². The number of rotatable bonds is 7. The number of hydrogen-bond donors (Lipinski definition) is 0. The van der Waals surface area contributed by atoms with Crippen LogP contribution in [0.1, 0.15) is 10.4 Å². The third-order valence-corrected chi connectivity index (χ3v) is 3.70. The number of ether oxygens (including phenoxy) is 5. The van der Waals surface area contributed by atoms with E-state index in [1.165, 1.54) is 28.4 Å². The van der Waals surface area contributed by atoms with Gasteiger partial charge in [0.05, 0.1) is 41.1 Å². The number of methoxy groups -OCH3 is 5. The van der Waals surface area contributed by atoms with Gasteiger partial charge < -0.3 is 23.7 Å². The van der Waals surface area contributed by atoms with Crippen molar-refractivity contribution in [2.75, 3.05) is 35.5 Å². The lowest BCUT2D eigenvalue weighted by Gasteiger charge is -2.18. The molecule has 0 aliphatic heterocycles. The van der Waals surface area contributed by atoms with Gasteiger partial charge in [-0.1, -0.05) is 0 Å². The monoisotopic (exact) mass is 332 g/mol. The Labute approximate surface area is 140 Å². The minimum Gasteiger partial charge on any atom is -0.493 e. The highest BCUT2D eigenvalue weighted by atomic mass is 16.5. The minimum atomic E-state index is 0.363. The summed E-state index contributed by atoms with van der Waals surface area (Å²) in [6, 6.07) is 7.06. The standard InChI is InChI=1S/C18H20O6/c1-20-14-8-6-11(13(10-19)16(14)22-3)12-7-9-15(21-2)18(24-5)17(12)23-4/h6-10H,1-5H3. The predicted molar refractivity (Wildman–Crippen MR) is 90.0 cm³/mol. The molecule has 24 heavy (non-hydrogen) atoms. The maximum absolute atomic E-state index is 11.7. The maximum atomic E-state index is 11.7. The summed E-state index contributed by atoms with van der Waals surface area (Å²) in [4.78, 5) is 11.7. The van der Waals surface area contributed by atoms with Crippen LogP contribution >= 0.6 is 0 Å². The van der Waals surface area contributed by atoms with Gasteiger partial charge in [-0.25, -0.2) is 0 Å². The zero-order chi connectivity index (χ0) is 17.7. The first-order valence-corrected chi connectivity index (χ1v) is 7.16. The highest BCUT2D eigenvalue weighted by Gasteiger charge is 2.22. The first kappa shape index (κ1) is 17.5. The fourth-order valence-electron chi connectivity index (χ4n) is 2.62. The second-order valence-corrected chi connectivity index (χ2v) is 4.76. The van der Waals surface area contributed by atoms with Gasteiger partial charge in [-0.15, -0.1) is 0 Å². The Morgan fingerprint density at radius 2 is 1.12 bits per heavy atom. The lowest BCUT2D eigenvalue weighted by Crippen LogP contribution is -2.01. The third-order valence-electron chi connectivity index (χ3n) is 3.70. The summed E-state index contributed by atoms with van der Waals surface area (Å²) >= 11 is 0. The van der Waals surface area contributed by atoms with Crippen LogP contribution in [-0.2, 0) is 0 Å². The van der Waals surface area contributed by atoms with E-state index in [4.69, 9.17) is 23.7 Å². The molecule has 0 atom stereocenters. The van der Waals surface area contributed by atoms with Crippen molar-refractivity contribution in [1.82, 2.24) is 0 Å². The van der Waals surface area contributed by atoms with Gasteiger partial charge in [0.1, 0.15) is 0 Å². The first-order chi connectivity index (χ1) is 11.7. The van der Waals surface area contributed by atoms with Crippen LogP contribution in [0.3, 0.4) is 0 Å². The molecule has 0 unspecified atom stereocenters. The molecule has 2 aromatic carbocycles. The van der Waals surface area contributed by atoms with Gasteiger partial charge in [-0.05, 0) is 24.3 Å². The molecule has 0 fully saturated rings. The van der Waals surface area contributed by atoms with Crippen molar-refractivity contribution in [2.45, 2.75) is 0 Å². The zero-order valence-corrected chi connectivity index (χ0v) is 14.3. The molecule has 0 bridgehead atoms. The quantitative estimate of drug-likeness (QED) is 0.726. The Balaban J connectivity index is 2.79. The number of benzene rings is 2. The topological polar surface area (TPSA) is 63.2 Å². The molecule has 0 amide bonds. The Bertz CT molecular complexity index is 739. The molecular weight excluding hydrogens is 312 g/mol. The molecule has 6 nitrogen and oxygen atoms in total. The van der Waals surface area contributed by atoms with E-state index in [1.54, 1.807) is 31.4 Å². The van der Waals surface area contributed by atoms with E-state index in [2.05, 4.69) is 0 Å². The maximum Gasteiger partial charge on any atom is 0.203 e. The summed E-state index contributed by atoms with van der Waals surface area (Å²) in [5.41, 5.74) is 1.68. The molecule has 0 radical (unpaired) electrons. The van der Waals surface area contributed by atoms with Crippen molar-refractivity contribution in [2.24, 2.45) is 0 Å². The largest absolute Gasteiger partial charge is 0.493 e. The second-order valence-electron chi connectivity index (χ2n) is 4.76. The molecular formula is C18H20O6. The van der Waals surface area contributed by atoms with E-state index in [9.17, 15) is 4.79 Å². The van der Waals surface area contributed by atoms with E-state index < -0.39 is 0 Å². The molecule has 2 rings (SSSR count). The fourth-order valence-corrected chi connectivity index (χ4v) is 2.62. The fraction of sp³-hybridized carbons (Fsp3) is 0.278. The van der Waals surface area contributed by atoms with Gasteiger partial charge in [-0.3, -0.25) is 4.79 Å². The molecule has 0 aliphatic carbocycles. The van der Waals surface area contributed by atoms with E-state index in [0.717, 1.165) is 6.29 Å². The molecule has 2 aromatic rings. The summed E-state index contributed by atoms with van der Waals surface area (Å²) < 4.78 is 26.8. The van der Waals surface area contributed by atoms with Crippen LogP contribution in [0, 0.1) is 0 Å². The van der Waals surface area contributed by atoms with Gasteiger partial charge in [0, 0.05) is 11.1 Å². The van der Waals surface area contributed by atoms with E-state index in [0.29, 0.717) is 45.4 Å². The van der Waals surface area contributed by atoms with Gasteiger partial charge >= 0.3 is 0 Å². The second kappa shape index (κ2) is 7.59. The average Bonchev–Trinajstić information content (AvgIpc) is 2.64. The highest BCUT2D eigenvalue weighted by molar-refractivity contribution is 5.94.